The number of hydrogen-bond acceptors (Lipinski definition) is 2. The maximum absolute atomic E-state index is 5.20. The fourth-order valence-corrected chi connectivity index (χ4v) is 2.54. The van der Waals surface area contributed by atoms with E-state index in [4.69, 9.17) is 10.7 Å². The molecular formula is C12H16BrNO. The highest BCUT2D eigenvalue weighted by molar-refractivity contribution is 9.10. The van der Waals surface area contributed by atoms with Gasteiger partial charge in [0, 0.05) is 9.89 Å². The Morgan fingerprint density at radius 1 is 1.40 bits per heavy atom. The lowest BCUT2D eigenvalue weighted by atomic mass is 9.91. The first-order valence-electron chi connectivity index (χ1n) is 5.18. The molecule has 1 fully saturated rings. The number of nitrogens with two attached hydrogens (primary N) is 1. The predicted octanol–water partition coefficient (Wildman–Crippen LogP) is 2.99. The maximum atomic E-state index is 5.20. The Bertz CT molecular complexity index is 385. The summed E-state index contributed by atoms with van der Waals surface area (Å²) in [4.78, 5) is 4.83. The van der Waals surface area contributed by atoms with Crippen LogP contribution in [0.2, 0.25) is 0 Å². The fraction of sp³-hybridized carbons (Fsp3) is 0.500. The van der Waals surface area contributed by atoms with Crippen molar-refractivity contribution in [2.24, 2.45) is 5.90 Å². The second-order valence-corrected chi connectivity index (χ2v) is 5.25. The zero-order chi connectivity index (χ0) is 11.1. The summed E-state index contributed by atoms with van der Waals surface area (Å²) < 4.78 is 1.21. The SMILES string of the molecule is Cc1ccc(C2(CON)CC2)c(C)c1Br. The van der Waals surface area contributed by atoms with Crippen LogP contribution >= 0.6 is 15.9 Å². The summed E-state index contributed by atoms with van der Waals surface area (Å²) in [5.41, 5.74) is 4.17. The van der Waals surface area contributed by atoms with E-state index < -0.39 is 0 Å². The molecule has 1 aromatic rings. The molecule has 0 amide bonds. The first-order valence-corrected chi connectivity index (χ1v) is 5.98. The summed E-state index contributed by atoms with van der Waals surface area (Å²) in [5.74, 6) is 5.20. The van der Waals surface area contributed by atoms with E-state index in [1.165, 1.54) is 34.0 Å². The molecule has 3 heteroatoms. The average molecular weight is 270 g/mol. The summed E-state index contributed by atoms with van der Waals surface area (Å²) >= 11 is 3.63. The van der Waals surface area contributed by atoms with Crippen molar-refractivity contribution in [1.29, 1.82) is 0 Å². The van der Waals surface area contributed by atoms with Gasteiger partial charge in [0.1, 0.15) is 0 Å². The van der Waals surface area contributed by atoms with E-state index in [1.807, 2.05) is 0 Å². The number of benzene rings is 1. The summed E-state index contributed by atoms with van der Waals surface area (Å²) in [6.07, 6.45) is 2.36. The van der Waals surface area contributed by atoms with Gasteiger partial charge in [-0.15, -0.1) is 0 Å². The Morgan fingerprint density at radius 3 is 2.60 bits per heavy atom. The van der Waals surface area contributed by atoms with Gasteiger partial charge in [0.25, 0.3) is 0 Å². The van der Waals surface area contributed by atoms with Crippen LogP contribution in [-0.4, -0.2) is 6.61 Å². The van der Waals surface area contributed by atoms with E-state index in [1.54, 1.807) is 0 Å². The molecule has 1 saturated carbocycles. The van der Waals surface area contributed by atoms with Gasteiger partial charge in [-0.05, 0) is 43.4 Å². The van der Waals surface area contributed by atoms with Gasteiger partial charge in [-0.2, -0.15) is 0 Å². The van der Waals surface area contributed by atoms with Crippen molar-refractivity contribution < 1.29 is 4.84 Å². The molecule has 0 aromatic heterocycles. The highest BCUT2D eigenvalue weighted by Crippen LogP contribution is 2.50. The molecule has 0 radical (unpaired) electrons. The van der Waals surface area contributed by atoms with Crippen molar-refractivity contribution in [1.82, 2.24) is 0 Å². The Balaban J connectivity index is 2.41. The molecule has 0 aliphatic heterocycles. The topological polar surface area (TPSA) is 35.2 Å². The van der Waals surface area contributed by atoms with E-state index in [2.05, 4.69) is 41.9 Å². The normalized spacial score (nSPS) is 17.9. The molecule has 2 N–H and O–H groups in total. The van der Waals surface area contributed by atoms with Crippen LogP contribution in [0.5, 0.6) is 0 Å². The van der Waals surface area contributed by atoms with Gasteiger partial charge in [0.2, 0.25) is 0 Å². The smallest absolute Gasteiger partial charge is 0.0776 e. The third kappa shape index (κ3) is 1.84. The molecule has 82 valence electrons. The summed E-state index contributed by atoms with van der Waals surface area (Å²) in [6.45, 7) is 4.90. The molecule has 2 rings (SSSR count). The van der Waals surface area contributed by atoms with Gasteiger partial charge in [0.15, 0.2) is 0 Å². The molecule has 1 aliphatic rings. The van der Waals surface area contributed by atoms with Crippen LogP contribution in [0, 0.1) is 13.8 Å². The average Bonchev–Trinajstić information content (AvgIpc) is 2.96. The lowest BCUT2D eigenvalue weighted by Crippen LogP contribution is -2.19. The third-order valence-electron chi connectivity index (χ3n) is 3.36. The molecule has 0 spiro atoms. The van der Waals surface area contributed by atoms with Gasteiger partial charge < -0.3 is 4.84 Å². The summed E-state index contributed by atoms with van der Waals surface area (Å²) in [5, 5.41) is 0. The number of halogens is 1. The molecule has 15 heavy (non-hydrogen) atoms. The molecule has 0 saturated heterocycles. The molecule has 0 unspecified atom stereocenters. The minimum atomic E-state index is 0.190. The van der Waals surface area contributed by atoms with Crippen LogP contribution in [0.1, 0.15) is 29.5 Å². The van der Waals surface area contributed by atoms with Gasteiger partial charge in [-0.1, -0.05) is 28.1 Å². The van der Waals surface area contributed by atoms with E-state index in [0.717, 1.165) is 0 Å². The summed E-state index contributed by atoms with van der Waals surface area (Å²) in [6, 6.07) is 4.37. The molecule has 2 nitrogen and oxygen atoms in total. The first kappa shape index (κ1) is 11.1. The van der Waals surface area contributed by atoms with Crippen LogP contribution in [0.25, 0.3) is 0 Å². The predicted molar refractivity (Wildman–Crippen MR) is 64.7 cm³/mol. The minimum absolute atomic E-state index is 0.190. The molecular weight excluding hydrogens is 254 g/mol. The quantitative estimate of drug-likeness (QED) is 0.857. The van der Waals surface area contributed by atoms with E-state index in [-0.39, 0.29) is 5.41 Å². The van der Waals surface area contributed by atoms with Gasteiger partial charge in [-0.25, -0.2) is 5.90 Å². The Hall–Kier alpha value is -0.380. The van der Waals surface area contributed by atoms with Gasteiger partial charge in [-0.3, -0.25) is 0 Å². The van der Waals surface area contributed by atoms with Crippen molar-refractivity contribution in [3.05, 3.63) is 33.3 Å². The second kappa shape index (κ2) is 3.89. The number of hydrogen-bond donors (Lipinski definition) is 1. The van der Waals surface area contributed by atoms with E-state index in [9.17, 15) is 0 Å². The lowest BCUT2D eigenvalue weighted by Gasteiger charge is -2.18. The van der Waals surface area contributed by atoms with Crippen molar-refractivity contribution in [3.8, 4) is 0 Å². The second-order valence-electron chi connectivity index (χ2n) is 4.46. The number of aryl methyl sites for hydroxylation is 1. The molecule has 0 heterocycles. The first-order chi connectivity index (χ1) is 7.10. The van der Waals surface area contributed by atoms with E-state index in [0.29, 0.717) is 6.61 Å². The zero-order valence-electron chi connectivity index (χ0n) is 9.14. The highest BCUT2D eigenvalue weighted by atomic mass is 79.9. The molecule has 1 aromatic carbocycles. The van der Waals surface area contributed by atoms with Crippen LogP contribution in [0.3, 0.4) is 0 Å². The maximum Gasteiger partial charge on any atom is 0.0776 e. The van der Waals surface area contributed by atoms with Crippen LogP contribution in [-0.2, 0) is 10.3 Å². The Labute approximate surface area is 98.9 Å². The molecule has 1 aliphatic carbocycles. The monoisotopic (exact) mass is 269 g/mol. The van der Waals surface area contributed by atoms with Crippen LogP contribution < -0.4 is 5.90 Å². The largest absolute Gasteiger partial charge is 0.304 e. The highest BCUT2D eigenvalue weighted by Gasteiger charge is 2.45. The van der Waals surface area contributed by atoms with Crippen molar-refractivity contribution in [3.63, 3.8) is 0 Å². The van der Waals surface area contributed by atoms with E-state index >= 15 is 0 Å². The van der Waals surface area contributed by atoms with Gasteiger partial charge in [0.05, 0.1) is 6.61 Å². The molecule has 0 atom stereocenters. The standard InChI is InChI=1S/C12H16BrNO/c1-8-3-4-10(9(2)11(8)13)12(5-6-12)7-15-14/h3-4H,5-7,14H2,1-2H3. The Morgan fingerprint density at radius 2 is 2.07 bits per heavy atom. The van der Waals surface area contributed by atoms with Crippen molar-refractivity contribution in [2.75, 3.05) is 6.61 Å². The summed E-state index contributed by atoms with van der Waals surface area (Å²) in [7, 11) is 0. The zero-order valence-corrected chi connectivity index (χ0v) is 10.7. The molecule has 0 bridgehead atoms. The minimum Gasteiger partial charge on any atom is -0.304 e. The Kier molecular flexibility index (Phi) is 2.88. The van der Waals surface area contributed by atoms with Gasteiger partial charge >= 0.3 is 0 Å². The van der Waals surface area contributed by atoms with Crippen LogP contribution in [0.4, 0.5) is 0 Å². The fourth-order valence-electron chi connectivity index (χ4n) is 2.20. The number of rotatable bonds is 3. The van der Waals surface area contributed by atoms with Crippen molar-refractivity contribution in [2.45, 2.75) is 32.1 Å². The van der Waals surface area contributed by atoms with Crippen molar-refractivity contribution >= 4 is 15.9 Å². The lowest BCUT2D eigenvalue weighted by molar-refractivity contribution is 0.116. The third-order valence-corrected chi connectivity index (χ3v) is 4.58. The van der Waals surface area contributed by atoms with Crippen LogP contribution in [0.15, 0.2) is 16.6 Å².